The molecule has 0 heterocycles. The molecule has 0 saturated carbocycles. The first-order valence-electron chi connectivity index (χ1n) is 4.52. The van der Waals surface area contributed by atoms with Crippen LogP contribution in [-0.2, 0) is 11.2 Å². The van der Waals surface area contributed by atoms with Crippen molar-refractivity contribution in [1.82, 2.24) is 0 Å². The van der Waals surface area contributed by atoms with E-state index in [0.717, 1.165) is 24.0 Å². The molecule has 1 rings (SSSR count). The Morgan fingerprint density at radius 1 is 1.38 bits per heavy atom. The zero-order valence-corrected chi connectivity index (χ0v) is 7.82. The molecular formula is C11H14O2. The van der Waals surface area contributed by atoms with Crippen LogP contribution in [0.15, 0.2) is 24.3 Å². The fourth-order valence-corrected chi connectivity index (χ4v) is 1.12. The van der Waals surface area contributed by atoms with Crippen LogP contribution in [0.4, 0.5) is 0 Å². The first kappa shape index (κ1) is 9.78. The van der Waals surface area contributed by atoms with Crippen LogP contribution in [0.1, 0.15) is 18.9 Å². The van der Waals surface area contributed by atoms with Crippen molar-refractivity contribution in [2.45, 2.75) is 19.8 Å². The van der Waals surface area contributed by atoms with Crippen LogP contribution in [-0.4, -0.2) is 12.9 Å². The molecule has 0 amide bonds. The Kier molecular flexibility index (Phi) is 4.03. The van der Waals surface area contributed by atoms with Crippen molar-refractivity contribution in [3.63, 3.8) is 0 Å². The second-order valence-electron chi connectivity index (χ2n) is 2.83. The zero-order valence-electron chi connectivity index (χ0n) is 7.82. The summed E-state index contributed by atoms with van der Waals surface area (Å²) >= 11 is 0. The number of para-hydroxylation sites is 1. The maximum absolute atomic E-state index is 10.3. The first-order chi connectivity index (χ1) is 6.38. The maximum Gasteiger partial charge on any atom is 0.124 e. The van der Waals surface area contributed by atoms with Crippen molar-refractivity contribution in [2.24, 2.45) is 0 Å². The van der Waals surface area contributed by atoms with Crippen LogP contribution in [0, 0.1) is 0 Å². The summed E-state index contributed by atoms with van der Waals surface area (Å²) in [6.45, 7) is 2.76. The van der Waals surface area contributed by atoms with Gasteiger partial charge in [0.1, 0.15) is 12.0 Å². The summed E-state index contributed by atoms with van der Waals surface area (Å²) in [5.41, 5.74) is 0.964. The van der Waals surface area contributed by atoms with Crippen molar-refractivity contribution < 1.29 is 9.53 Å². The maximum atomic E-state index is 10.3. The first-order valence-corrected chi connectivity index (χ1v) is 4.52. The Morgan fingerprint density at radius 2 is 2.15 bits per heavy atom. The van der Waals surface area contributed by atoms with E-state index < -0.39 is 0 Å². The lowest BCUT2D eigenvalue weighted by atomic mass is 10.1. The number of carbonyl (C=O) groups excluding carboxylic acids is 1. The van der Waals surface area contributed by atoms with Crippen LogP contribution >= 0.6 is 0 Å². The molecule has 0 unspecified atom stereocenters. The number of benzene rings is 1. The summed E-state index contributed by atoms with van der Waals surface area (Å²) in [4.78, 5) is 10.3. The molecule has 0 aliphatic carbocycles. The van der Waals surface area contributed by atoms with E-state index in [1.807, 2.05) is 24.3 Å². The van der Waals surface area contributed by atoms with E-state index in [2.05, 4.69) is 6.92 Å². The monoisotopic (exact) mass is 178 g/mol. The molecule has 0 aliphatic rings. The predicted molar refractivity (Wildman–Crippen MR) is 52.0 cm³/mol. The van der Waals surface area contributed by atoms with Gasteiger partial charge in [0.25, 0.3) is 0 Å². The smallest absolute Gasteiger partial charge is 0.124 e. The van der Waals surface area contributed by atoms with Crippen molar-refractivity contribution in [2.75, 3.05) is 6.61 Å². The van der Waals surface area contributed by atoms with E-state index in [4.69, 9.17) is 4.74 Å². The molecule has 0 N–H and O–H groups in total. The van der Waals surface area contributed by atoms with Gasteiger partial charge in [-0.25, -0.2) is 0 Å². The van der Waals surface area contributed by atoms with Gasteiger partial charge < -0.3 is 9.53 Å². The fraction of sp³-hybridized carbons (Fsp3) is 0.364. The van der Waals surface area contributed by atoms with Gasteiger partial charge in [0.05, 0.1) is 6.61 Å². The average molecular weight is 178 g/mol. The van der Waals surface area contributed by atoms with Gasteiger partial charge in [0.15, 0.2) is 0 Å². The topological polar surface area (TPSA) is 26.3 Å². The lowest BCUT2D eigenvalue weighted by Crippen LogP contribution is -1.99. The van der Waals surface area contributed by atoms with Gasteiger partial charge in [-0.3, -0.25) is 0 Å². The Balaban J connectivity index is 2.71. The molecule has 13 heavy (non-hydrogen) atoms. The molecule has 1 aromatic rings. The van der Waals surface area contributed by atoms with Crippen molar-refractivity contribution in [1.29, 1.82) is 0 Å². The van der Waals surface area contributed by atoms with Gasteiger partial charge in [-0.1, -0.05) is 25.1 Å². The highest BCUT2D eigenvalue weighted by Crippen LogP contribution is 2.17. The summed E-state index contributed by atoms with van der Waals surface area (Å²) < 4.78 is 5.48. The van der Waals surface area contributed by atoms with E-state index in [9.17, 15) is 4.79 Å². The summed E-state index contributed by atoms with van der Waals surface area (Å²) in [5, 5.41) is 0. The number of hydrogen-bond donors (Lipinski definition) is 0. The summed E-state index contributed by atoms with van der Waals surface area (Å²) in [6, 6.07) is 7.64. The molecule has 0 aliphatic heterocycles. The molecule has 1 aromatic carbocycles. The van der Waals surface area contributed by atoms with Crippen molar-refractivity contribution in [3.05, 3.63) is 29.8 Å². The Labute approximate surface area is 78.5 Å². The molecule has 0 radical (unpaired) electrons. The highest BCUT2D eigenvalue weighted by Gasteiger charge is 2.00. The average Bonchev–Trinajstić information content (AvgIpc) is 2.17. The normalized spacial score (nSPS) is 9.62. The zero-order chi connectivity index (χ0) is 9.52. The number of hydrogen-bond acceptors (Lipinski definition) is 2. The van der Waals surface area contributed by atoms with Gasteiger partial charge in [0.2, 0.25) is 0 Å². The van der Waals surface area contributed by atoms with Gasteiger partial charge in [-0.15, -0.1) is 0 Å². The molecule has 70 valence electrons. The van der Waals surface area contributed by atoms with Crippen molar-refractivity contribution in [3.8, 4) is 5.75 Å². The van der Waals surface area contributed by atoms with Crippen LogP contribution < -0.4 is 4.74 Å². The summed E-state index contributed by atoms with van der Waals surface area (Å²) in [7, 11) is 0. The molecule has 0 bridgehead atoms. The second-order valence-corrected chi connectivity index (χ2v) is 2.83. The fourth-order valence-electron chi connectivity index (χ4n) is 1.12. The lowest BCUT2D eigenvalue weighted by Gasteiger charge is -2.07. The van der Waals surface area contributed by atoms with E-state index in [0.29, 0.717) is 13.0 Å². The summed E-state index contributed by atoms with van der Waals surface area (Å²) in [5.74, 6) is 0.830. The Bertz CT molecular complexity index is 269. The third kappa shape index (κ3) is 2.90. The van der Waals surface area contributed by atoms with Gasteiger partial charge in [-0.05, 0) is 12.5 Å². The van der Waals surface area contributed by atoms with Crippen LogP contribution in [0.25, 0.3) is 0 Å². The van der Waals surface area contributed by atoms with Gasteiger partial charge in [0, 0.05) is 12.0 Å². The molecule has 2 nitrogen and oxygen atoms in total. The second kappa shape index (κ2) is 5.36. The third-order valence-electron chi connectivity index (χ3n) is 1.74. The highest BCUT2D eigenvalue weighted by molar-refractivity contribution is 5.57. The standard InChI is InChI=1S/C11H14O2/c1-2-9-13-11-6-4-3-5-10(11)7-8-12/h3-6,8H,2,7,9H2,1H3. The minimum Gasteiger partial charge on any atom is -0.493 e. The van der Waals surface area contributed by atoms with Crippen LogP contribution in [0.3, 0.4) is 0 Å². The van der Waals surface area contributed by atoms with E-state index in [-0.39, 0.29) is 0 Å². The molecule has 0 spiro atoms. The van der Waals surface area contributed by atoms with E-state index >= 15 is 0 Å². The Morgan fingerprint density at radius 3 is 2.85 bits per heavy atom. The quantitative estimate of drug-likeness (QED) is 0.646. The molecule has 0 fully saturated rings. The Hall–Kier alpha value is -1.31. The SMILES string of the molecule is CCCOc1ccccc1CC=O. The number of ether oxygens (including phenoxy) is 1. The predicted octanol–water partition coefficient (Wildman–Crippen LogP) is 2.22. The molecule has 0 aromatic heterocycles. The largest absolute Gasteiger partial charge is 0.493 e. The molecule has 2 heteroatoms. The molecule has 0 saturated heterocycles. The number of rotatable bonds is 5. The minimum atomic E-state index is 0.430. The number of carbonyl (C=O) groups is 1. The van der Waals surface area contributed by atoms with E-state index in [1.165, 1.54) is 0 Å². The lowest BCUT2D eigenvalue weighted by molar-refractivity contribution is -0.107. The molecule has 0 atom stereocenters. The van der Waals surface area contributed by atoms with Crippen molar-refractivity contribution >= 4 is 6.29 Å². The summed E-state index contributed by atoms with van der Waals surface area (Å²) in [6.07, 6.45) is 2.31. The highest BCUT2D eigenvalue weighted by atomic mass is 16.5. The van der Waals surface area contributed by atoms with E-state index in [1.54, 1.807) is 0 Å². The van der Waals surface area contributed by atoms with Crippen LogP contribution in [0.2, 0.25) is 0 Å². The minimum absolute atomic E-state index is 0.430. The van der Waals surface area contributed by atoms with Gasteiger partial charge >= 0.3 is 0 Å². The van der Waals surface area contributed by atoms with Crippen LogP contribution in [0.5, 0.6) is 5.75 Å². The number of aldehydes is 1. The third-order valence-corrected chi connectivity index (χ3v) is 1.74. The molecular weight excluding hydrogens is 164 g/mol. The van der Waals surface area contributed by atoms with Gasteiger partial charge in [-0.2, -0.15) is 0 Å².